The van der Waals surface area contributed by atoms with Crippen LogP contribution in [0, 0.1) is 5.92 Å². The van der Waals surface area contributed by atoms with E-state index in [9.17, 15) is 4.79 Å². The van der Waals surface area contributed by atoms with Gasteiger partial charge in [-0.1, -0.05) is 27.7 Å². The molecule has 1 heterocycles. The summed E-state index contributed by atoms with van der Waals surface area (Å²) in [6.07, 6.45) is 2.94. The SMILES string of the molecule is CC(C)N[C@H]1C[C@@H](CCC(=O)C(C)C)N(C(C)C)C1. The lowest BCUT2D eigenvalue weighted by Crippen LogP contribution is -2.39. The highest BCUT2D eigenvalue weighted by Gasteiger charge is 2.33. The van der Waals surface area contributed by atoms with Crippen LogP contribution in [-0.4, -0.2) is 41.4 Å². The second-order valence-electron chi connectivity index (χ2n) is 6.86. The first-order valence-corrected chi connectivity index (χ1v) is 7.85. The summed E-state index contributed by atoms with van der Waals surface area (Å²) in [5.41, 5.74) is 0. The van der Waals surface area contributed by atoms with Crippen LogP contribution in [0.1, 0.15) is 60.8 Å². The fourth-order valence-corrected chi connectivity index (χ4v) is 3.05. The summed E-state index contributed by atoms with van der Waals surface area (Å²) in [6, 6.07) is 2.26. The Morgan fingerprint density at radius 3 is 2.32 bits per heavy atom. The van der Waals surface area contributed by atoms with Gasteiger partial charge in [-0.25, -0.2) is 0 Å². The maximum atomic E-state index is 11.8. The van der Waals surface area contributed by atoms with E-state index in [4.69, 9.17) is 0 Å². The van der Waals surface area contributed by atoms with Crippen LogP contribution in [0.5, 0.6) is 0 Å². The third-order valence-corrected chi connectivity index (χ3v) is 4.06. The largest absolute Gasteiger partial charge is 0.310 e. The zero-order valence-electron chi connectivity index (χ0n) is 13.6. The lowest BCUT2D eigenvalue weighted by Gasteiger charge is -2.28. The molecule has 1 aliphatic heterocycles. The van der Waals surface area contributed by atoms with Gasteiger partial charge in [0, 0.05) is 43.1 Å². The van der Waals surface area contributed by atoms with Crippen molar-refractivity contribution in [1.82, 2.24) is 10.2 Å². The van der Waals surface area contributed by atoms with Gasteiger partial charge in [-0.05, 0) is 26.7 Å². The third-order valence-electron chi connectivity index (χ3n) is 4.06. The first-order valence-electron chi connectivity index (χ1n) is 7.85. The second-order valence-corrected chi connectivity index (χ2v) is 6.86. The van der Waals surface area contributed by atoms with Gasteiger partial charge < -0.3 is 5.32 Å². The molecule has 3 nitrogen and oxygen atoms in total. The van der Waals surface area contributed by atoms with Crippen molar-refractivity contribution in [2.75, 3.05) is 6.54 Å². The smallest absolute Gasteiger partial charge is 0.135 e. The summed E-state index contributed by atoms with van der Waals surface area (Å²) in [7, 11) is 0. The van der Waals surface area contributed by atoms with Gasteiger partial charge in [0.1, 0.15) is 5.78 Å². The van der Waals surface area contributed by atoms with Crippen molar-refractivity contribution in [3.05, 3.63) is 0 Å². The minimum atomic E-state index is 0.179. The summed E-state index contributed by atoms with van der Waals surface area (Å²) in [4.78, 5) is 14.4. The molecule has 0 aromatic heterocycles. The molecule has 0 unspecified atom stereocenters. The first-order chi connectivity index (χ1) is 8.81. The normalized spacial score (nSPS) is 24.9. The molecule has 2 atom stereocenters. The Morgan fingerprint density at radius 2 is 1.84 bits per heavy atom. The number of nitrogens with zero attached hydrogens (tertiary/aromatic N) is 1. The van der Waals surface area contributed by atoms with Crippen molar-refractivity contribution >= 4 is 5.78 Å². The average Bonchev–Trinajstić information content (AvgIpc) is 2.67. The Bertz CT molecular complexity index is 286. The Hall–Kier alpha value is -0.410. The van der Waals surface area contributed by atoms with E-state index in [1.54, 1.807) is 0 Å². The van der Waals surface area contributed by atoms with Crippen molar-refractivity contribution in [3.8, 4) is 0 Å². The van der Waals surface area contributed by atoms with E-state index in [0.717, 1.165) is 19.4 Å². The minimum absolute atomic E-state index is 0.179. The summed E-state index contributed by atoms with van der Waals surface area (Å²) in [5, 5.41) is 3.64. The van der Waals surface area contributed by atoms with Crippen LogP contribution in [-0.2, 0) is 4.79 Å². The Morgan fingerprint density at radius 1 is 1.21 bits per heavy atom. The van der Waals surface area contributed by atoms with Crippen LogP contribution in [0.3, 0.4) is 0 Å². The van der Waals surface area contributed by atoms with Gasteiger partial charge in [0.05, 0.1) is 0 Å². The van der Waals surface area contributed by atoms with Gasteiger partial charge in [0.15, 0.2) is 0 Å². The van der Waals surface area contributed by atoms with Gasteiger partial charge in [0.2, 0.25) is 0 Å². The zero-order chi connectivity index (χ0) is 14.6. The molecule has 0 aromatic carbocycles. The Kier molecular flexibility index (Phi) is 6.48. The maximum Gasteiger partial charge on any atom is 0.135 e. The molecular formula is C16H32N2O. The topological polar surface area (TPSA) is 32.3 Å². The van der Waals surface area contributed by atoms with E-state index >= 15 is 0 Å². The van der Waals surface area contributed by atoms with Gasteiger partial charge in [-0.2, -0.15) is 0 Å². The quantitative estimate of drug-likeness (QED) is 0.770. The third kappa shape index (κ3) is 5.23. The van der Waals surface area contributed by atoms with Crippen molar-refractivity contribution in [2.24, 2.45) is 5.92 Å². The van der Waals surface area contributed by atoms with Crippen LogP contribution in [0.4, 0.5) is 0 Å². The van der Waals surface area contributed by atoms with Gasteiger partial charge in [-0.15, -0.1) is 0 Å². The first kappa shape index (κ1) is 16.6. The number of hydrogen-bond donors (Lipinski definition) is 1. The lowest BCUT2D eigenvalue weighted by molar-refractivity contribution is -0.122. The molecule has 1 rings (SSSR count). The van der Waals surface area contributed by atoms with Crippen LogP contribution in [0.25, 0.3) is 0 Å². The number of carbonyl (C=O) groups is 1. The van der Waals surface area contributed by atoms with Gasteiger partial charge >= 0.3 is 0 Å². The number of nitrogens with one attached hydrogen (secondary N) is 1. The van der Waals surface area contributed by atoms with Crippen molar-refractivity contribution in [2.45, 2.75) is 85.0 Å². The monoisotopic (exact) mass is 268 g/mol. The number of ketones is 1. The van der Waals surface area contributed by atoms with Gasteiger partial charge in [0.25, 0.3) is 0 Å². The highest BCUT2D eigenvalue weighted by atomic mass is 16.1. The molecule has 1 N–H and O–H groups in total. The fraction of sp³-hybridized carbons (Fsp3) is 0.938. The molecule has 19 heavy (non-hydrogen) atoms. The van der Waals surface area contributed by atoms with Crippen LogP contribution in [0.2, 0.25) is 0 Å². The Labute approximate surface area is 119 Å². The molecule has 112 valence electrons. The molecule has 1 fully saturated rings. The predicted octanol–water partition coefficient (Wildman–Crippen LogP) is 2.84. The van der Waals surface area contributed by atoms with Gasteiger partial charge in [-0.3, -0.25) is 9.69 Å². The number of carbonyl (C=O) groups excluding carboxylic acids is 1. The number of Topliss-reactive ketones (excluding diaryl/α,β-unsaturated/α-hetero) is 1. The second kappa shape index (κ2) is 7.39. The fourth-order valence-electron chi connectivity index (χ4n) is 3.05. The van der Waals surface area contributed by atoms with E-state index in [1.807, 2.05) is 13.8 Å². The summed E-state index contributed by atoms with van der Waals surface area (Å²) in [5.74, 6) is 0.586. The van der Waals surface area contributed by atoms with Crippen molar-refractivity contribution in [3.63, 3.8) is 0 Å². The number of likely N-dealkylation sites (tertiary alicyclic amines) is 1. The van der Waals surface area contributed by atoms with E-state index in [-0.39, 0.29) is 5.92 Å². The van der Waals surface area contributed by atoms with E-state index in [2.05, 4.69) is 37.9 Å². The summed E-state index contributed by atoms with van der Waals surface area (Å²) < 4.78 is 0. The maximum absolute atomic E-state index is 11.8. The average molecular weight is 268 g/mol. The van der Waals surface area contributed by atoms with Crippen molar-refractivity contribution in [1.29, 1.82) is 0 Å². The molecule has 0 radical (unpaired) electrons. The van der Waals surface area contributed by atoms with Crippen LogP contribution < -0.4 is 5.32 Å². The molecule has 0 spiro atoms. The highest BCUT2D eigenvalue weighted by molar-refractivity contribution is 5.80. The molecule has 0 saturated carbocycles. The molecule has 0 amide bonds. The van der Waals surface area contributed by atoms with Crippen molar-refractivity contribution < 1.29 is 4.79 Å². The molecule has 1 aliphatic rings. The molecule has 3 heteroatoms. The minimum Gasteiger partial charge on any atom is -0.310 e. The molecule has 0 bridgehead atoms. The zero-order valence-corrected chi connectivity index (χ0v) is 13.6. The standard InChI is InChI=1S/C16H32N2O/c1-11(2)16(19)8-7-15-9-14(17-12(3)4)10-18(15)13(5)6/h11-15,17H,7-10H2,1-6H3/t14-,15+/m0/s1. The summed E-state index contributed by atoms with van der Waals surface area (Å²) in [6.45, 7) is 14.0. The summed E-state index contributed by atoms with van der Waals surface area (Å²) >= 11 is 0. The Balaban J connectivity index is 2.51. The van der Waals surface area contributed by atoms with E-state index in [1.165, 1.54) is 6.42 Å². The lowest BCUT2D eigenvalue weighted by atomic mass is 9.99. The van der Waals surface area contributed by atoms with Crippen LogP contribution >= 0.6 is 0 Å². The molecular weight excluding hydrogens is 236 g/mol. The number of hydrogen-bond acceptors (Lipinski definition) is 3. The molecule has 1 saturated heterocycles. The molecule has 0 aliphatic carbocycles. The van der Waals surface area contributed by atoms with E-state index < -0.39 is 0 Å². The number of rotatable bonds is 7. The predicted molar refractivity (Wildman–Crippen MR) is 81.4 cm³/mol. The highest BCUT2D eigenvalue weighted by Crippen LogP contribution is 2.25. The van der Waals surface area contributed by atoms with Crippen LogP contribution in [0.15, 0.2) is 0 Å². The van der Waals surface area contributed by atoms with E-state index in [0.29, 0.717) is 30.0 Å². The molecule has 0 aromatic rings.